The summed E-state index contributed by atoms with van der Waals surface area (Å²) in [6, 6.07) is 23.6. The molecule has 7 heteroatoms. The molecule has 0 saturated carbocycles. The van der Waals surface area contributed by atoms with Crippen LogP contribution in [-0.4, -0.2) is 43.6 Å². The van der Waals surface area contributed by atoms with E-state index in [9.17, 15) is 19.2 Å². The summed E-state index contributed by atoms with van der Waals surface area (Å²) in [4.78, 5) is 42.3. The molecule has 0 aliphatic rings. The number of nitrogens with one attached hydrogen (secondary N) is 3. The van der Waals surface area contributed by atoms with Gasteiger partial charge in [-0.1, -0.05) is 92.6 Å². The lowest BCUT2D eigenvalue weighted by atomic mass is 10.0. The summed E-state index contributed by atoms with van der Waals surface area (Å²) in [5.41, 5.74) is 1.91. The number of carbonyl (C=O) groups is 4. The number of benzene rings is 3. The molecule has 0 unspecified atom stereocenters. The normalized spacial score (nSPS) is 9.17. The predicted octanol–water partition coefficient (Wildman–Crippen LogP) is 4.44. The Morgan fingerprint density at radius 1 is 0.861 bits per heavy atom. The first-order chi connectivity index (χ1) is 17.3. The number of hydrogen-bond donors (Lipinski definition) is 3. The molecule has 0 bridgehead atoms. The highest BCUT2D eigenvalue weighted by Crippen LogP contribution is 2.18. The van der Waals surface area contributed by atoms with Crippen LogP contribution in [0.15, 0.2) is 72.8 Å². The molecule has 0 aliphatic carbocycles. The summed E-state index contributed by atoms with van der Waals surface area (Å²) in [5.74, 6) is -0.422. The second-order valence-corrected chi connectivity index (χ2v) is 7.99. The molecule has 0 aliphatic heterocycles. The van der Waals surface area contributed by atoms with E-state index in [-0.39, 0.29) is 30.9 Å². The van der Waals surface area contributed by atoms with Gasteiger partial charge in [0.25, 0.3) is 5.91 Å². The number of aryl methyl sites for hydroxylation is 1. The van der Waals surface area contributed by atoms with Gasteiger partial charge in [0, 0.05) is 11.6 Å². The third-order valence-electron chi connectivity index (χ3n) is 4.12. The maximum Gasteiger partial charge on any atom is 0.252 e. The van der Waals surface area contributed by atoms with Crippen molar-refractivity contribution < 1.29 is 19.2 Å². The molecule has 0 atom stereocenters. The fourth-order valence-electron chi connectivity index (χ4n) is 2.68. The average molecular weight is 494 g/mol. The summed E-state index contributed by atoms with van der Waals surface area (Å²) in [6.07, 6.45) is 2.35. The zero-order valence-corrected chi connectivity index (χ0v) is 21.9. The highest BCUT2D eigenvalue weighted by molar-refractivity contribution is 6.07. The van der Waals surface area contributed by atoms with Gasteiger partial charge in [-0.15, -0.1) is 0 Å². The highest BCUT2D eigenvalue weighted by Gasteiger charge is 2.11. The van der Waals surface area contributed by atoms with Gasteiger partial charge in [0.2, 0.25) is 12.3 Å². The molecule has 3 N–H and O–H groups in total. The van der Waals surface area contributed by atoms with E-state index in [1.807, 2.05) is 68.4 Å². The molecule has 0 aromatic heterocycles. The van der Waals surface area contributed by atoms with E-state index in [0.717, 1.165) is 10.8 Å². The summed E-state index contributed by atoms with van der Waals surface area (Å²) in [7, 11) is 0. The van der Waals surface area contributed by atoms with Crippen molar-refractivity contribution in [3.8, 4) is 0 Å². The molecule has 0 radical (unpaired) electrons. The highest BCUT2D eigenvalue weighted by atomic mass is 16.2. The van der Waals surface area contributed by atoms with Crippen LogP contribution in [-0.2, 0) is 14.4 Å². The van der Waals surface area contributed by atoms with Gasteiger partial charge in [0.1, 0.15) is 6.29 Å². The zero-order valence-electron chi connectivity index (χ0n) is 21.9. The SMILES string of the molecule is CC(C)NC(=O)CNC(=O)c1cccc2ccccc12.CCC.Cc1ccccc1.O=CCNC=O. The average Bonchev–Trinajstić information content (AvgIpc) is 2.87. The summed E-state index contributed by atoms with van der Waals surface area (Å²) in [5, 5.41) is 9.42. The Morgan fingerprint density at radius 2 is 1.44 bits per heavy atom. The van der Waals surface area contributed by atoms with Crippen molar-refractivity contribution in [1.82, 2.24) is 16.0 Å². The smallest absolute Gasteiger partial charge is 0.252 e. The molecule has 3 rings (SSSR count). The molecule has 3 aromatic carbocycles. The Bertz CT molecular complexity index is 1020. The van der Waals surface area contributed by atoms with Crippen LogP contribution in [0, 0.1) is 6.92 Å². The van der Waals surface area contributed by atoms with Crippen LogP contribution in [0.3, 0.4) is 0 Å². The predicted molar refractivity (Wildman–Crippen MR) is 147 cm³/mol. The van der Waals surface area contributed by atoms with Gasteiger partial charge in [0.05, 0.1) is 13.1 Å². The number of carbonyl (C=O) groups excluding carboxylic acids is 4. The summed E-state index contributed by atoms with van der Waals surface area (Å²) < 4.78 is 0. The first kappa shape index (κ1) is 32.0. The van der Waals surface area contributed by atoms with Gasteiger partial charge in [-0.2, -0.15) is 0 Å². The van der Waals surface area contributed by atoms with Crippen LogP contribution in [0.5, 0.6) is 0 Å². The van der Waals surface area contributed by atoms with Crippen LogP contribution >= 0.6 is 0 Å². The molecule has 3 aromatic rings. The minimum atomic E-state index is -0.235. The van der Waals surface area contributed by atoms with Crippen molar-refractivity contribution in [1.29, 1.82) is 0 Å². The van der Waals surface area contributed by atoms with Crippen LogP contribution in [0.25, 0.3) is 10.8 Å². The molecule has 0 fully saturated rings. The van der Waals surface area contributed by atoms with Gasteiger partial charge in [-0.05, 0) is 37.6 Å². The Morgan fingerprint density at radius 3 is 1.94 bits per heavy atom. The Labute approximate surface area is 214 Å². The minimum Gasteiger partial charge on any atom is -0.352 e. The topological polar surface area (TPSA) is 104 Å². The van der Waals surface area contributed by atoms with E-state index in [1.54, 1.807) is 6.07 Å². The molecule has 3 amide bonds. The number of hydrogen-bond acceptors (Lipinski definition) is 4. The quantitative estimate of drug-likeness (QED) is 0.334. The van der Waals surface area contributed by atoms with Crippen molar-refractivity contribution >= 4 is 35.3 Å². The third kappa shape index (κ3) is 15.0. The van der Waals surface area contributed by atoms with Crippen molar-refractivity contribution in [2.24, 2.45) is 0 Å². The number of rotatable bonds is 7. The first-order valence-corrected chi connectivity index (χ1v) is 12.0. The van der Waals surface area contributed by atoms with Crippen molar-refractivity contribution in [3.63, 3.8) is 0 Å². The van der Waals surface area contributed by atoms with Crippen molar-refractivity contribution in [2.45, 2.75) is 47.1 Å². The van der Waals surface area contributed by atoms with Gasteiger partial charge < -0.3 is 20.7 Å². The Balaban J connectivity index is 0.000000623. The fourth-order valence-corrected chi connectivity index (χ4v) is 2.68. The molecule has 0 spiro atoms. The first-order valence-electron chi connectivity index (χ1n) is 12.0. The van der Waals surface area contributed by atoms with Crippen LogP contribution in [0.1, 0.15) is 50.0 Å². The van der Waals surface area contributed by atoms with E-state index < -0.39 is 0 Å². The lowest BCUT2D eigenvalue weighted by Gasteiger charge is -2.10. The molecular weight excluding hydrogens is 454 g/mol. The second kappa shape index (κ2) is 20.4. The van der Waals surface area contributed by atoms with Crippen molar-refractivity contribution in [2.75, 3.05) is 13.1 Å². The number of amides is 3. The Kier molecular flexibility index (Phi) is 18.1. The van der Waals surface area contributed by atoms with Crippen LogP contribution < -0.4 is 16.0 Å². The third-order valence-corrected chi connectivity index (χ3v) is 4.12. The Hall–Kier alpha value is -4.00. The standard InChI is InChI=1S/C16H18N2O2.C7H8.C3H5NO2.C3H8/c1-11(2)18-15(19)10-17-16(20)14-9-5-7-12-6-3-4-8-13(12)14;1-7-5-3-2-4-6-7;5-2-1-4-3-6;1-3-2/h3-9,11H,10H2,1-2H3,(H,17,20)(H,18,19);2-6H,1H3;2-3H,1H2,(H,4,6);3H2,1-2H3. The van der Waals surface area contributed by atoms with E-state index in [4.69, 9.17) is 0 Å². The van der Waals surface area contributed by atoms with Crippen molar-refractivity contribution in [3.05, 3.63) is 83.9 Å². The van der Waals surface area contributed by atoms with E-state index >= 15 is 0 Å². The summed E-state index contributed by atoms with van der Waals surface area (Å²) in [6.45, 7) is 10.2. The molecule has 0 heterocycles. The second-order valence-electron chi connectivity index (χ2n) is 7.99. The molecule has 0 saturated heterocycles. The number of aldehydes is 1. The van der Waals surface area contributed by atoms with E-state index in [2.05, 4.69) is 48.9 Å². The molecule has 7 nitrogen and oxygen atoms in total. The van der Waals surface area contributed by atoms with Crippen LogP contribution in [0.2, 0.25) is 0 Å². The monoisotopic (exact) mass is 493 g/mol. The molecule has 194 valence electrons. The molecular formula is C29H39N3O4. The zero-order chi connectivity index (χ0) is 27.2. The van der Waals surface area contributed by atoms with Crippen LogP contribution in [0.4, 0.5) is 0 Å². The van der Waals surface area contributed by atoms with Gasteiger partial charge in [-0.3, -0.25) is 14.4 Å². The maximum atomic E-state index is 12.2. The lowest BCUT2D eigenvalue weighted by molar-refractivity contribution is -0.120. The summed E-state index contributed by atoms with van der Waals surface area (Å²) >= 11 is 0. The van der Waals surface area contributed by atoms with Gasteiger partial charge >= 0.3 is 0 Å². The molecule has 36 heavy (non-hydrogen) atoms. The minimum absolute atomic E-state index is 0.0137. The fraction of sp³-hybridized carbons (Fsp3) is 0.310. The van der Waals surface area contributed by atoms with E-state index in [1.165, 1.54) is 12.0 Å². The van der Waals surface area contributed by atoms with E-state index in [0.29, 0.717) is 18.3 Å². The lowest BCUT2D eigenvalue weighted by Crippen LogP contribution is -2.39. The van der Waals surface area contributed by atoms with Gasteiger partial charge in [0.15, 0.2) is 0 Å². The number of fused-ring (bicyclic) bond motifs is 1. The van der Waals surface area contributed by atoms with Gasteiger partial charge in [-0.25, -0.2) is 0 Å². The largest absolute Gasteiger partial charge is 0.352 e. The maximum absolute atomic E-state index is 12.2.